The Balaban J connectivity index is 2.12. The van der Waals surface area contributed by atoms with Crippen LogP contribution in [0.4, 0.5) is 5.69 Å². The molecule has 4 heteroatoms. The van der Waals surface area contributed by atoms with Gasteiger partial charge in [0.2, 0.25) is 0 Å². The van der Waals surface area contributed by atoms with Crippen molar-refractivity contribution < 1.29 is 0 Å². The van der Waals surface area contributed by atoms with Crippen molar-refractivity contribution in [2.24, 2.45) is 0 Å². The van der Waals surface area contributed by atoms with Gasteiger partial charge in [-0.3, -0.25) is 15.0 Å². The SMILES string of the molecule is Cc1nc(C)c(CNc2cccnc2)nc1C. The zero-order valence-corrected chi connectivity index (χ0v) is 10.4. The number of nitrogens with zero attached hydrogens (tertiary/aromatic N) is 3. The van der Waals surface area contributed by atoms with E-state index in [4.69, 9.17) is 0 Å². The maximum absolute atomic E-state index is 4.54. The van der Waals surface area contributed by atoms with E-state index in [0.717, 1.165) is 28.5 Å². The number of aromatic nitrogens is 3. The van der Waals surface area contributed by atoms with Crippen LogP contribution in [0.3, 0.4) is 0 Å². The summed E-state index contributed by atoms with van der Waals surface area (Å²) in [6.45, 7) is 6.62. The number of hydrogen-bond acceptors (Lipinski definition) is 4. The van der Waals surface area contributed by atoms with Crippen molar-refractivity contribution in [1.29, 1.82) is 0 Å². The molecular weight excluding hydrogens is 212 g/mol. The second kappa shape index (κ2) is 4.91. The minimum atomic E-state index is 0.672. The molecule has 0 spiro atoms. The monoisotopic (exact) mass is 228 g/mol. The standard InChI is InChI=1S/C13H16N4/c1-9-10(2)17-13(11(3)16-9)8-15-12-5-4-6-14-7-12/h4-7,15H,8H2,1-3H3. The van der Waals surface area contributed by atoms with Crippen LogP contribution in [0, 0.1) is 20.8 Å². The molecule has 0 saturated carbocycles. The Bertz CT molecular complexity index is 508. The van der Waals surface area contributed by atoms with Crippen LogP contribution in [0.1, 0.15) is 22.8 Å². The molecule has 0 aliphatic heterocycles. The van der Waals surface area contributed by atoms with Crippen LogP contribution in [-0.2, 0) is 6.54 Å². The van der Waals surface area contributed by atoms with Crippen molar-refractivity contribution in [3.63, 3.8) is 0 Å². The largest absolute Gasteiger partial charge is 0.378 e. The summed E-state index contributed by atoms with van der Waals surface area (Å²) in [6.07, 6.45) is 3.55. The Morgan fingerprint density at radius 2 is 1.82 bits per heavy atom. The van der Waals surface area contributed by atoms with Gasteiger partial charge in [-0.25, -0.2) is 0 Å². The quantitative estimate of drug-likeness (QED) is 0.876. The second-order valence-electron chi connectivity index (χ2n) is 4.02. The Morgan fingerprint density at radius 3 is 2.53 bits per heavy atom. The fraction of sp³-hybridized carbons (Fsp3) is 0.308. The highest BCUT2D eigenvalue weighted by molar-refractivity contribution is 5.40. The Labute approximate surface area is 101 Å². The fourth-order valence-corrected chi connectivity index (χ4v) is 1.58. The van der Waals surface area contributed by atoms with E-state index in [1.54, 1.807) is 12.4 Å². The van der Waals surface area contributed by atoms with Gasteiger partial charge in [-0.1, -0.05) is 0 Å². The molecule has 0 aromatic carbocycles. The maximum Gasteiger partial charge on any atom is 0.0810 e. The van der Waals surface area contributed by atoms with E-state index in [1.165, 1.54) is 0 Å². The van der Waals surface area contributed by atoms with Crippen LogP contribution in [0.15, 0.2) is 24.5 Å². The van der Waals surface area contributed by atoms with Crippen LogP contribution in [-0.4, -0.2) is 15.0 Å². The molecule has 88 valence electrons. The summed E-state index contributed by atoms with van der Waals surface area (Å²) in [6, 6.07) is 3.89. The smallest absolute Gasteiger partial charge is 0.0810 e. The van der Waals surface area contributed by atoms with Gasteiger partial charge in [-0.2, -0.15) is 0 Å². The van der Waals surface area contributed by atoms with Gasteiger partial charge >= 0.3 is 0 Å². The molecule has 0 aliphatic carbocycles. The second-order valence-corrected chi connectivity index (χ2v) is 4.02. The minimum absolute atomic E-state index is 0.672. The van der Waals surface area contributed by atoms with Crippen molar-refractivity contribution in [3.8, 4) is 0 Å². The van der Waals surface area contributed by atoms with Crippen molar-refractivity contribution in [3.05, 3.63) is 47.3 Å². The average Bonchev–Trinajstić information content (AvgIpc) is 2.33. The highest BCUT2D eigenvalue weighted by Gasteiger charge is 2.04. The van der Waals surface area contributed by atoms with Crippen molar-refractivity contribution in [2.75, 3.05) is 5.32 Å². The van der Waals surface area contributed by atoms with Gasteiger partial charge < -0.3 is 5.32 Å². The first-order chi connectivity index (χ1) is 8.16. The molecule has 0 unspecified atom stereocenters. The lowest BCUT2D eigenvalue weighted by Crippen LogP contribution is -2.08. The van der Waals surface area contributed by atoms with Crippen LogP contribution >= 0.6 is 0 Å². The zero-order valence-electron chi connectivity index (χ0n) is 10.4. The summed E-state index contributed by atoms with van der Waals surface area (Å²) < 4.78 is 0. The molecule has 2 heterocycles. The number of nitrogens with one attached hydrogen (secondary N) is 1. The number of anilines is 1. The zero-order chi connectivity index (χ0) is 12.3. The van der Waals surface area contributed by atoms with Gasteiger partial charge in [0.05, 0.1) is 35.0 Å². The predicted molar refractivity (Wildman–Crippen MR) is 67.8 cm³/mol. The Hall–Kier alpha value is -1.97. The summed E-state index contributed by atoms with van der Waals surface area (Å²) in [5.74, 6) is 0. The normalized spacial score (nSPS) is 10.3. The third-order valence-electron chi connectivity index (χ3n) is 2.70. The third-order valence-corrected chi connectivity index (χ3v) is 2.70. The highest BCUT2D eigenvalue weighted by atomic mass is 14.9. The molecule has 2 rings (SSSR count). The van der Waals surface area contributed by atoms with E-state index in [-0.39, 0.29) is 0 Å². The lowest BCUT2D eigenvalue weighted by atomic mass is 10.2. The van der Waals surface area contributed by atoms with E-state index in [2.05, 4.69) is 20.3 Å². The molecule has 4 nitrogen and oxygen atoms in total. The molecule has 2 aromatic rings. The van der Waals surface area contributed by atoms with Crippen LogP contribution < -0.4 is 5.32 Å². The molecule has 0 amide bonds. The van der Waals surface area contributed by atoms with Gasteiger partial charge in [0, 0.05) is 12.4 Å². The van der Waals surface area contributed by atoms with Gasteiger partial charge in [-0.15, -0.1) is 0 Å². The molecule has 17 heavy (non-hydrogen) atoms. The molecule has 0 saturated heterocycles. The summed E-state index contributed by atoms with van der Waals surface area (Å²) >= 11 is 0. The fourth-order valence-electron chi connectivity index (χ4n) is 1.58. The topological polar surface area (TPSA) is 50.7 Å². The number of hydrogen-bond donors (Lipinski definition) is 1. The van der Waals surface area contributed by atoms with E-state index < -0.39 is 0 Å². The molecular formula is C13H16N4. The van der Waals surface area contributed by atoms with Crippen LogP contribution in [0.25, 0.3) is 0 Å². The lowest BCUT2D eigenvalue weighted by Gasteiger charge is -2.09. The van der Waals surface area contributed by atoms with Crippen molar-refractivity contribution in [2.45, 2.75) is 27.3 Å². The minimum Gasteiger partial charge on any atom is -0.378 e. The van der Waals surface area contributed by atoms with Gasteiger partial charge in [0.15, 0.2) is 0 Å². The molecule has 0 bridgehead atoms. The van der Waals surface area contributed by atoms with Gasteiger partial charge in [-0.05, 0) is 32.9 Å². The molecule has 1 N–H and O–H groups in total. The highest BCUT2D eigenvalue weighted by Crippen LogP contribution is 2.10. The van der Waals surface area contributed by atoms with E-state index in [1.807, 2.05) is 32.9 Å². The molecule has 0 radical (unpaired) electrons. The maximum atomic E-state index is 4.54. The van der Waals surface area contributed by atoms with E-state index in [9.17, 15) is 0 Å². The van der Waals surface area contributed by atoms with Gasteiger partial charge in [0.1, 0.15) is 0 Å². The van der Waals surface area contributed by atoms with Crippen molar-refractivity contribution in [1.82, 2.24) is 15.0 Å². The molecule has 0 atom stereocenters. The first kappa shape index (κ1) is 11.5. The predicted octanol–water partition coefficient (Wildman–Crippen LogP) is 2.41. The summed E-state index contributed by atoms with van der Waals surface area (Å²) in [5.41, 5.74) is 4.93. The average molecular weight is 228 g/mol. The first-order valence-corrected chi connectivity index (χ1v) is 5.61. The van der Waals surface area contributed by atoms with Crippen molar-refractivity contribution >= 4 is 5.69 Å². The number of pyridine rings is 1. The molecule has 0 aliphatic rings. The Kier molecular flexibility index (Phi) is 3.32. The number of aryl methyl sites for hydroxylation is 3. The van der Waals surface area contributed by atoms with Crippen LogP contribution in [0.2, 0.25) is 0 Å². The summed E-state index contributed by atoms with van der Waals surface area (Å²) in [7, 11) is 0. The third kappa shape index (κ3) is 2.78. The van der Waals surface area contributed by atoms with E-state index in [0.29, 0.717) is 6.54 Å². The lowest BCUT2D eigenvalue weighted by molar-refractivity contribution is 0.909. The first-order valence-electron chi connectivity index (χ1n) is 5.61. The summed E-state index contributed by atoms with van der Waals surface area (Å²) in [5, 5.41) is 3.28. The van der Waals surface area contributed by atoms with Gasteiger partial charge in [0.25, 0.3) is 0 Å². The molecule has 0 fully saturated rings. The number of rotatable bonds is 3. The van der Waals surface area contributed by atoms with E-state index >= 15 is 0 Å². The van der Waals surface area contributed by atoms with Crippen LogP contribution in [0.5, 0.6) is 0 Å². The Morgan fingerprint density at radius 1 is 1.06 bits per heavy atom. The molecule has 2 aromatic heterocycles. The summed E-state index contributed by atoms with van der Waals surface area (Å²) in [4.78, 5) is 13.1.